The van der Waals surface area contributed by atoms with Gasteiger partial charge in [-0.25, -0.2) is 4.98 Å². The van der Waals surface area contributed by atoms with Gasteiger partial charge in [0.1, 0.15) is 18.2 Å². The second-order valence-corrected chi connectivity index (χ2v) is 4.19. The van der Waals surface area contributed by atoms with Crippen LogP contribution < -0.4 is 5.73 Å². The number of aryl methyl sites for hydroxylation is 1. The van der Waals surface area contributed by atoms with E-state index in [1.165, 1.54) is 6.33 Å². The first kappa shape index (κ1) is 12.0. The van der Waals surface area contributed by atoms with Gasteiger partial charge in [-0.05, 0) is 12.2 Å². The third-order valence-electron chi connectivity index (χ3n) is 1.93. The highest BCUT2D eigenvalue weighted by molar-refractivity contribution is 7.98. The molecule has 1 rings (SSSR count). The van der Waals surface area contributed by atoms with Gasteiger partial charge in [0.15, 0.2) is 0 Å². The molecule has 3 N–H and O–H groups in total. The number of thioether (sulfide) groups is 1. The summed E-state index contributed by atoms with van der Waals surface area (Å²) in [4.78, 5) is 14.5. The van der Waals surface area contributed by atoms with Gasteiger partial charge in [-0.3, -0.25) is 9.48 Å². The summed E-state index contributed by atoms with van der Waals surface area (Å²) in [6, 6.07) is -0.767. The van der Waals surface area contributed by atoms with Crippen molar-refractivity contribution in [3.05, 3.63) is 12.2 Å². The first-order chi connectivity index (χ1) is 7.11. The lowest BCUT2D eigenvalue weighted by atomic mass is 10.2. The fraction of sp³-hybridized carbons (Fsp3) is 0.625. The molecule has 1 atom stereocenters. The highest BCUT2D eigenvalue weighted by Gasteiger charge is 2.10. The van der Waals surface area contributed by atoms with Crippen LogP contribution in [0.5, 0.6) is 0 Å². The van der Waals surface area contributed by atoms with Crippen molar-refractivity contribution in [1.29, 1.82) is 0 Å². The second kappa shape index (κ2) is 5.72. The Morgan fingerprint density at radius 3 is 3.07 bits per heavy atom. The van der Waals surface area contributed by atoms with Gasteiger partial charge in [0.2, 0.25) is 0 Å². The Bertz CT molecular complexity index is 328. The zero-order valence-electron chi connectivity index (χ0n) is 8.46. The molecule has 15 heavy (non-hydrogen) atoms. The summed E-state index contributed by atoms with van der Waals surface area (Å²) in [5, 5.41) is 12.5. The maximum Gasteiger partial charge on any atom is 0.320 e. The van der Waals surface area contributed by atoms with Gasteiger partial charge >= 0.3 is 5.97 Å². The van der Waals surface area contributed by atoms with Crippen LogP contribution in [0.4, 0.5) is 0 Å². The molecule has 1 aromatic heterocycles. The molecule has 6 nitrogen and oxygen atoms in total. The molecule has 0 amide bonds. The third-order valence-corrected chi connectivity index (χ3v) is 2.91. The number of rotatable bonds is 6. The Morgan fingerprint density at radius 1 is 1.80 bits per heavy atom. The summed E-state index contributed by atoms with van der Waals surface area (Å²) in [6.45, 7) is 0. The Hall–Kier alpha value is -1.08. The van der Waals surface area contributed by atoms with Crippen molar-refractivity contribution < 1.29 is 9.90 Å². The summed E-state index contributed by atoms with van der Waals surface area (Å²) in [5.41, 5.74) is 5.36. The molecule has 1 aromatic rings. The first-order valence-corrected chi connectivity index (χ1v) is 5.65. The standard InChI is InChI=1S/C8H14N4O2S/c1-12-7(10-5-11-12)4-15-3-2-6(9)8(13)14/h5-6H,2-4,9H2,1H3,(H,13,14). The number of carbonyl (C=O) groups is 1. The molecular formula is C8H14N4O2S. The molecule has 0 aliphatic heterocycles. The smallest absolute Gasteiger partial charge is 0.320 e. The number of hydrogen-bond acceptors (Lipinski definition) is 5. The van der Waals surface area contributed by atoms with Crippen molar-refractivity contribution in [2.45, 2.75) is 18.2 Å². The minimum atomic E-state index is -0.950. The van der Waals surface area contributed by atoms with Gasteiger partial charge in [-0.2, -0.15) is 16.9 Å². The van der Waals surface area contributed by atoms with Gasteiger partial charge in [-0.1, -0.05) is 0 Å². The summed E-state index contributed by atoms with van der Waals surface area (Å²) < 4.78 is 1.70. The van der Waals surface area contributed by atoms with Crippen molar-refractivity contribution in [1.82, 2.24) is 14.8 Å². The van der Waals surface area contributed by atoms with Gasteiger partial charge in [0.25, 0.3) is 0 Å². The van der Waals surface area contributed by atoms with Crippen molar-refractivity contribution in [3.63, 3.8) is 0 Å². The zero-order valence-corrected chi connectivity index (χ0v) is 9.28. The van der Waals surface area contributed by atoms with E-state index in [0.29, 0.717) is 12.2 Å². The maximum atomic E-state index is 10.4. The lowest BCUT2D eigenvalue weighted by Crippen LogP contribution is -2.30. The number of aliphatic carboxylic acids is 1. The van der Waals surface area contributed by atoms with E-state index in [1.807, 2.05) is 7.05 Å². The predicted molar refractivity (Wildman–Crippen MR) is 57.4 cm³/mol. The SMILES string of the molecule is Cn1ncnc1CSCCC(N)C(=O)O. The molecule has 0 fully saturated rings. The molecule has 7 heteroatoms. The monoisotopic (exact) mass is 230 g/mol. The molecule has 0 saturated carbocycles. The molecule has 0 radical (unpaired) electrons. The van der Waals surface area contributed by atoms with Crippen molar-refractivity contribution in [3.8, 4) is 0 Å². The van der Waals surface area contributed by atoms with E-state index in [2.05, 4.69) is 10.1 Å². The summed E-state index contributed by atoms with van der Waals surface area (Å²) >= 11 is 1.60. The number of nitrogens with two attached hydrogens (primary N) is 1. The van der Waals surface area contributed by atoms with Gasteiger partial charge in [0.05, 0.1) is 5.75 Å². The lowest BCUT2D eigenvalue weighted by Gasteiger charge is -2.05. The Balaban J connectivity index is 2.17. The highest BCUT2D eigenvalue weighted by Crippen LogP contribution is 2.10. The largest absolute Gasteiger partial charge is 0.480 e. The van der Waals surface area contributed by atoms with E-state index >= 15 is 0 Å². The molecule has 0 aliphatic rings. The average molecular weight is 230 g/mol. The van der Waals surface area contributed by atoms with E-state index in [9.17, 15) is 4.79 Å². The van der Waals surface area contributed by atoms with Crippen LogP contribution in [0.3, 0.4) is 0 Å². The molecule has 0 aromatic carbocycles. The second-order valence-electron chi connectivity index (χ2n) is 3.09. The van der Waals surface area contributed by atoms with E-state index in [0.717, 1.165) is 11.6 Å². The summed E-state index contributed by atoms with van der Waals surface area (Å²) in [7, 11) is 1.83. The minimum Gasteiger partial charge on any atom is -0.480 e. The van der Waals surface area contributed by atoms with Gasteiger partial charge in [-0.15, -0.1) is 0 Å². The topological polar surface area (TPSA) is 94.0 Å². The molecule has 1 heterocycles. The number of aromatic nitrogens is 3. The number of carboxylic acid groups (broad SMARTS) is 1. The summed E-state index contributed by atoms with van der Waals surface area (Å²) in [6.07, 6.45) is 1.97. The van der Waals surface area contributed by atoms with Crippen LogP contribution in [0.2, 0.25) is 0 Å². The van der Waals surface area contributed by atoms with E-state index in [4.69, 9.17) is 10.8 Å². The fourth-order valence-corrected chi connectivity index (χ4v) is 1.96. The first-order valence-electron chi connectivity index (χ1n) is 4.50. The van der Waals surface area contributed by atoms with E-state index in [-0.39, 0.29) is 0 Å². The van der Waals surface area contributed by atoms with Crippen molar-refractivity contribution in [2.24, 2.45) is 12.8 Å². The average Bonchev–Trinajstić information content (AvgIpc) is 2.58. The molecule has 0 aliphatic carbocycles. The van der Waals surface area contributed by atoms with Crippen molar-refractivity contribution >= 4 is 17.7 Å². The van der Waals surface area contributed by atoms with E-state index in [1.54, 1.807) is 16.4 Å². The zero-order chi connectivity index (χ0) is 11.3. The van der Waals surface area contributed by atoms with Crippen LogP contribution in [-0.4, -0.2) is 37.6 Å². The summed E-state index contributed by atoms with van der Waals surface area (Å²) in [5.74, 6) is 1.36. The van der Waals surface area contributed by atoms with Crippen LogP contribution in [0.15, 0.2) is 6.33 Å². The number of hydrogen-bond donors (Lipinski definition) is 2. The van der Waals surface area contributed by atoms with Gasteiger partial charge < -0.3 is 10.8 Å². The van der Waals surface area contributed by atoms with Crippen LogP contribution in [0, 0.1) is 0 Å². The Morgan fingerprint density at radius 2 is 2.53 bits per heavy atom. The molecule has 0 saturated heterocycles. The van der Waals surface area contributed by atoms with E-state index < -0.39 is 12.0 Å². The van der Waals surface area contributed by atoms with Gasteiger partial charge in [0, 0.05) is 7.05 Å². The molecule has 84 valence electrons. The molecular weight excluding hydrogens is 216 g/mol. The molecule has 1 unspecified atom stereocenters. The number of nitrogens with zero attached hydrogens (tertiary/aromatic N) is 3. The third kappa shape index (κ3) is 3.88. The minimum absolute atomic E-state index is 0.470. The predicted octanol–water partition coefficient (Wildman–Crippen LogP) is -0.150. The molecule has 0 bridgehead atoms. The van der Waals surface area contributed by atoms with Crippen molar-refractivity contribution in [2.75, 3.05) is 5.75 Å². The molecule has 0 spiro atoms. The van der Waals surface area contributed by atoms with Crippen LogP contribution in [0.25, 0.3) is 0 Å². The number of carboxylic acids is 1. The van der Waals surface area contributed by atoms with Crippen LogP contribution >= 0.6 is 11.8 Å². The lowest BCUT2D eigenvalue weighted by molar-refractivity contribution is -0.138. The highest BCUT2D eigenvalue weighted by atomic mass is 32.2. The maximum absolute atomic E-state index is 10.4. The quantitative estimate of drug-likeness (QED) is 0.660. The van der Waals surface area contributed by atoms with Crippen LogP contribution in [0.1, 0.15) is 12.2 Å². The fourth-order valence-electron chi connectivity index (χ4n) is 0.948. The normalized spacial score (nSPS) is 12.7. The van der Waals surface area contributed by atoms with Crippen LogP contribution in [-0.2, 0) is 17.6 Å². The Kier molecular flexibility index (Phi) is 4.57. The Labute approximate surface area is 91.9 Å².